The fourth-order valence-corrected chi connectivity index (χ4v) is 1.96. The van der Waals surface area contributed by atoms with Gasteiger partial charge in [0.1, 0.15) is 11.2 Å². The Morgan fingerprint density at radius 2 is 1.08 bits per heavy atom. The predicted octanol–water partition coefficient (Wildman–Crippen LogP) is 2.67. The number of rotatable bonds is 1. The van der Waals surface area contributed by atoms with E-state index in [1.54, 1.807) is 53.7 Å². The predicted molar refractivity (Wildman–Crippen MR) is 91.7 cm³/mol. The van der Waals surface area contributed by atoms with Crippen LogP contribution < -0.4 is 0 Å². The molecule has 0 radical (unpaired) electrons. The highest BCUT2D eigenvalue weighted by molar-refractivity contribution is 5.85. The maximum absolute atomic E-state index is 12.4. The summed E-state index contributed by atoms with van der Waals surface area (Å²) in [5.41, 5.74) is -1.30. The van der Waals surface area contributed by atoms with Crippen molar-refractivity contribution in [3.8, 4) is 0 Å². The third-order valence-electron chi connectivity index (χ3n) is 2.88. The monoisotopic (exact) mass is 367 g/mol. The highest BCUT2D eigenvalue weighted by Crippen LogP contribution is 2.17. The second-order valence-electron chi connectivity index (χ2n) is 7.32. The van der Waals surface area contributed by atoms with Crippen molar-refractivity contribution in [1.29, 1.82) is 0 Å². The molecule has 1 rings (SSSR count). The summed E-state index contributed by atoms with van der Waals surface area (Å²) < 4.78 is 10.8. The van der Waals surface area contributed by atoms with E-state index in [0.29, 0.717) is 13.1 Å². The second kappa shape index (κ2) is 8.73. The molecule has 8 nitrogen and oxygen atoms in total. The van der Waals surface area contributed by atoms with Crippen LogP contribution in [0, 0.1) is 0 Å². The van der Waals surface area contributed by atoms with Gasteiger partial charge in [-0.2, -0.15) is 5.06 Å². The number of hydroxylamine groups is 2. The zero-order valence-electron chi connectivity index (χ0n) is 15.6. The molecule has 1 fully saturated rings. The minimum absolute atomic E-state index is 0. The summed E-state index contributed by atoms with van der Waals surface area (Å²) >= 11 is 0. The summed E-state index contributed by atoms with van der Waals surface area (Å²) in [4.78, 5) is 30.1. The van der Waals surface area contributed by atoms with Crippen molar-refractivity contribution in [3.05, 3.63) is 0 Å². The minimum Gasteiger partial charge on any atom is -0.442 e. The summed E-state index contributed by atoms with van der Waals surface area (Å²) in [5.74, 6) is 0. The fraction of sp³-hybridized carbons (Fsp3) is 0.867. The number of hydrogen-bond acceptors (Lipinski definition) is 6. The van der Waals surface area contributed by atoms with Gasteiger partial charge in [0.2, 0.25) is 0 Å². The van der Waals surface area contributed by atoms with Crippen LogP contribution in [0.15, 0.2) is 0 Å². The molecular formula is C15H30ClN3O5. The Bertz CT molecular complexity index is 396. The molecule has 0 N–H and O–H groups in total. The van der Waals surface area contributed by atoms with Crippen LogP contribution in [0.1, 0.15) is 41.5 Å². The van der Waals surface area contributed by atoms with Gasteiger partial charge >= 0.3 is 12.2 Å². The first kappa shape index (κ1) is 22.8. The first-order valence-corrected chi connectivity index (χ1v) is 7.73. The molecule has 9 heteroatoms. The van der Waals surface area contributed by atoms with Crippen LogP contribution >= 0.6 is 12.4 Å². The SMILES string of the molecule is CON1CCN(C(=O)OC(C)(C)C)N(C(=O)OC(C)(C)C)CC1.Cl. The summed E-state index contributed by atoms with van der Waals surface area (Å²) in [7, 11) is 1.56. The van der Waals surface area contributed by atoms with E-state index >= 15 is 0 Å². The van der Waals surface area contributed by atoms with Crippen molar-refractivity contribution >= 4 is 24.6 Å². The Kier molecular flexibility index (Phi) is 8.28. The van der Waals surface area contributed by atoms with Crippen LogP contribution in [-0.2, 0) is 14.3 Å². The Morgan fingerprint density at radius 3 is 1.33 bits per heavy atom. The number of halogens is 1. The summed E-state index contributed by atoms with van der Waals surface area (Å²) in [6.07, 6.45) is -1.16. The number of hydrogen-bond donors (Lipinski definition) is 0. The number of hydrazine groups is 1. The molecule has 1 aliphatic rings. The molecule has 0 atom stereocenters. The minimum atomic E-state index is -0.649. The molecule has 1 aliphatic heterocycles. The van der Waals surface area contributed by atoms with Gasteiger partial charge < -0.3 is 14.3 Å². The zero-order valence-corrected chi connectivity index (χ0v) is 16.4. The summed E-state index contributed by atoms with van der Waals surface area (Å²) in [6.45, 7) is 12.1. The first-order chi connectivity index (χ1) is 10.4. The molecule has 1 heterocycles. The third-order valence-corrected chi connectivity index (χ3v) is 2.88. The largest absolute Gasteiger partial charge is 0.442 e. The molecule has 0 saturated carbocycles. The molecule has 142 valence electrons. The van der Waals surface area contributed by atoms with Crippen LogP contribution in [0.4, 0.5) is 9.59 Å². The average molecular weight is 368 g/mol. The fourth-order valence-electron chi connectivity index (χ4n) is 1.96. The number of amides is 2. The smallest absolute Gasteiger partial charge is 0.429 e. The van der Waals surface area contributed by atoms with Gasteiger partial charge in [0.25, 0.3) is 0 Å². The van der Waals surface area contributed by atoms with Crippen molar-refractivity contribution in [2.75, 3.05) is 33.3 Å². The number of nitrogens with zero attached hydrogens (tertiary/aromatic N) is 3. The highest BCUT2D eigenvalue weighted by atomic mass is 35.5. The molecule has 1 saturated heterocycles. The van der Waals surface area contributed by atoms with E-state index in [9.17, 15) is 9.59 Å². The van der Waals surface area contributed by atoms with E-state index in [1.807, 2.05) is 0 Å². The van der Waals surface area contributed by atoms with Gasteiger partial charge in [0.15, 0.2) is 0 Å². The molecular weight excluding hydrogens is 338 g/mol. The lowest BCUT2D eigenvalue weighted by Crippen LogP contribution is -2.53. The molecule has 0 bridgehead atoms. The normalized spacial score (nSPS) is 17.0. The second-order valence-corrected chi connectivity index (χ2v) is 7.32. The molecule has 2 amide bonds. The standard InChI is InChI=1S/C15H29N3O5.ClH/c1-14(2,3)22-12(19)17-10-8-16(21-7)9-11-18(17)13(20)23-15(4,5)6;/h8-11H2,1-7H3;1H. The van der Waals surface area contributed by atoms with Crippen molar-refractivity contribution in [1.82, 2.24) is 15.1 Å². The molecule has 24 heavy (non-hydrogen) atoms. The Morgan fingerprint density at radius 1 is 0.750 bits per heavy atom. The zero-order chi connectivity index (χ0) is 17.8. The van der Waals surface area contributed by atoms with Crippen LogP contribution in [0.2, 0.25) is 0 Å². The summed E-state index contributed by atoms with van der Waals surface area (Å²) in [5, 5.41) is 4.23. The molecule has 0 aromatic rings. The quantitative estimate of drug-likeness (QED) is 0.709. The first-order valence-electron chi connectivity index (χ1n) is 7.73. The van der Waals surface area contributed by atoms with E-state index in [1.165, 1.54) is 10.0 Å². The van der Waals surface area contributed by atoms with E-state index in [0.717, 1.165) is 0 Å². The van der Waals surface area contributed by atoms with E-state index in [-0.39, 0.29) is 25.5 Å². The van der Waals surface area contributed by atoms with Gasteiger partial charge in [-0.25, -0.2) is 19.6 Å². The maximum atomic E-state index is 12.4. The molecule has 0 unspecified atom stereocenters. The van der Waals surface area contributed by atoms with Crippen molar-refractivity contribution in [2.45, 2.75) is 52.7 Å². The van der Waals surface area contributed by atoms with Crippen LogP contribution in [-0.4, -0.2) is 71.8 Å². The van der Waals surface area contributed by atoms with Crippen molar-refractivity contribution in [2.24, 2.45) is 0 Å². The van der Waals surface area contributed by atoms with E-state index < -0.39 is 23.4 Å². The average Bonchev–Trinajstić information content (AvgIpc) is 2.56. The van der Waals surface area contributed by atoms with Gasteiger partial charge in [-0.05, 0) is 41.5 Å². The number of carbonyl (C=O) groups is 2. The topological polar surface area (TPSA) is 71.6 Å². The van der Waals surface area contributed by atoms with Crippen molar-refractivity contribution < 1.29 is 23.9 Å². The van der Waals surface area contributed by atoms with Gasteiger partial charge in [-0.15, -0.1) is 12.4 Å². The van der Waals surface area contributed by atoms with Gasteiger partial charge in [0, 0.05) is 13.1 Å². The van der Waals surface area contributed by atoms with Crippen LogP contribution in [0.3, 0.4) is 0 Å². The van der Waals surface area contributed by atoms with Crippen LogP contribution in [0.5, 0.6) is 0 Å². The Hall–Kier alpha value is -1.25. The Labute approximate surface area is 150 Å². The lowest BCUT2D eigenvalue weighted by molar-refractivity contribution is -0.125. The van der Waals surface area contributed by atoms with E-state index in [2.05, 4.69) is 0 Å². The lowest BCUT2D eigenvalue weighted by Gasteiger charge is -2.35. The van der Waals surface area contributed by atoms with Gasteiger partial charge in [-0.3, -0.25) is 0 Å². The van der Waals surface area contributed by atoms with Gasteiger partial charge in [-0.1, -0.05) is 0 Å². The molecule has 0 aromatic heterocycles. The highest BCUT2D eigenvalue weighted by Gasteiger charge is 2.35. The number of ether oxygens (including phenoxy) is 2. The molecule has 0 aromatic carbocycles. The van der Waals surface area contributed by atoms with Crippen molar-refractivity contribution in [3.63, 3.8) is 0 Å². The maximum Gasteiger partial charge on any atom is 0.429 e. The lowest BCUT2D eigenvalue weighted by atomic mass is 10.2. The van der Waals surface area contributed by atoms with Gasteiger partial charge in [0.05, 0.1) is 20.2 Å². The molecule has 0 aliphatic carbocycles. The summed E-state index contributed by atoms with van der Waals surface area (Å²) in [6, 6.07) is 0. The Balaban J connectivity index is 0.00000529. The van der Waals surface area contributed by atoms with E-state index in [4.69, 9.17) is 14.3 Å². The molecule has 0 spiro atoms. The number of carbonyl (C=O) groups excluding carboxylic acids is 2. The third kappa shape index (κ3) is 7.55. The van der Waals surface area contributed by atoms with Crippen LogP contribution in [0.25, 0.3) is 0 Å².